The highest BCUT2D eigenvalue weighted by atomic mass is 19.1. The average Bonchev–Trinajstić information content (AvgIpc) is 2.45. The van der Waals surface area contributed by atoms with Crippen LogP contribution in [0.3, 0.4) is 0 Å². The Morgan fingerprint density at radius 3 is 2.57 bits per heavy atom. The summed E-state index contributed by atoms with van der Waals surface area (Å²) in [5.41, 5.74) is -0.0108. The van der Waals surface area contributed by atoms with E-state index < -0.39 is 6.17 Å². The normalized spacial score (nSPS) is 26.1. The van der Waals surface area contributed by atoms with Gasteiger partial charge in [-0.1, -0.05) is 20.8 Å². The van der Waals surface area contributed by atoms with Gasteiger partial charge in [0.15, 0.2) is 0 Å². The Bertz CT molecular complexity index is 226. The van der Waals surface area contributed by atoms with Gasteiger partial charge >= 0.3 is 0 Å². The lowest BCUT2D eigenvalue weighted by Crippen LogP contribution is -2.33. The quantitative estimate of drug-likeness (QED) is 0.680. The maximum atomic E-state index is 12.9. The molecule has 0 aromatic rings. The van der Waals surface area contributed by atoms with E-state index in [9.17, 15) is 4.39 Å². The lowest BCUT2D eigenvalue weighted by atomic mass is 9.81. The van der Waals surface area contributed by atoms with Gasteiger partial charge in [-0.2, -0.15) is 5.26 Å². The summed E-state index contributed by atoms with van der Waals surface area (Å²) in [6, 6.07) is 2.32. The fourth-order valence-corrected chi connectivity index (χ4v) is 1.72. The third-order valence-corrected chi connectivity index (χ3v) is 2.86. The summed E-state index contributed by atoms with van der Waals surface area (Å²) >= 11 is 0. The van der Waals surface area contributed by atoms with Crippen LogP contribution in [0, 0.1) is 22.7 Å². The number of rotatable bonds is 2. The van der Waals surface area contributed by atoms with E-state index in [1.165, 1.54) is 0 Å². The van der Waals surface area contributed by atoms with E-state index in [4.69, 9.17) is 5.26 Å². The maximum absolute atomic E-state index is 12.9. The molecule has 0 spiro atoms. The Labute approximate surface area is 85.7 Å². The van der Waals surface area contributed by atoms with Crippen molar-refractivity contribution in [3.05, 3.63) is 0 Å². The fourth-order valence-electron chi connectivity index (χ4n) is 1.72. The van der Waals surface area contributed by atoms with Crippen LogP contribution >= 0.6 is 0 Å². The van der Waals surface area contributed by atoms with E-state index in [2.05, 4.69) is 31.7 Å². The van der Waals surface area contributed by atoms with Crippen LogP contribution in [0.25, 0.3) is 0 Å². The number of alkyl halides is 1. The molecule has 1 rings (SSSR count). The smallest absolute Gasteiger partial charge is 0.114 e. The van der Waals surface area contributed by atoms with Gasteiger partial charge in [-0.25, -0.2) is 4.39 Å². The summed E-state index contributed by atoms with van der Waals surface area (Å²) in [4.78, 5) is 2.06. The van der Waals surface area contributed by atoms with Crippen molar-refractivity contribution in [3.8, 4) is 6.07 Å². The molecule has 2 atom stereocenters. The Kier molecular flexibility index (Phi) is 3.49. The maximum Gasteiger partial charge on any atom is 0.114 e. The van der Waals surface area contributed by atoms with Crippen LogP contribution in [0.1, 0.15) is 27.2 Å². The molecular formula is C11H19FN2. The highest BCUT2D eigenvalue weighted by Crippen LogP contribution is 2.27. The molecule has 0 saturated carbocycles. The summed E-state index contributed by atoms with van der Waals surface area (Å²) in [5.74, 6) is -0.00667. The lowest BCUT2D eigenvalue weighted by Gasteiger charge is -2.28. The molecule has 0 aromatic heterocycles. The average molecular weight is 198 g/mol. The van der Waals surface area contributed by atoms with E-state index in [0.717, 1.165) is 6.54 Å². The van der Waals surface area contributed by atoms with Crippen molar-refractivity contribution in [2.75, 3.05) is 19.6 Å². The Hall–Kier alpha value is -0.620. The molecule has 0 aliphatic carbocycles. The highest BCUT2D eigenvalue weighted by molar-refractivity contribution is 4.94. The van der Waals surface area contributed by atoms with Gasteiger partial charge in [0.1, 0.15) is 6.17 Å². The molecule has 0 amide bonds. The Balaban J connectivity index is 2.46. The van der Waals surface area contributed by atoms with Crippen molar-refractivity contribution in [3.63, 3.8) is 0 Å². The minimum Gasteiger partial charge on any atom is -0.299 e. The molecule has 1 saturated heterocycles. The standard InChI is InChI=1S/C11H19FN2/c1-11(2,3)9(6-13)7-14-5-4-10(12)8-14/h9-10H,4-5,7-8H2,1-3H3. The van der Waals surface area contributed by atoms with Crippen LogP contribution in [-0.2, 0) is 0 Å². The molecule has 1 aliphatic heterocycles. The van der Waals surface area contributed by atoms with Gasteiger partial charge in [0.2, 0.25) is 0 Å². The van der Waals surface area contributed by atoms with Crippen molar-refractivity contribution in [1.29, 1.82) is 5.26 Å². The molecule has 1 aliphatic rings. The van der Waals surface area contributed by atoms with Gasteiger partial charge in [0.05, 0.1) is 12.0 Å². The van der Waals surface area contributed by atoms with E-state index in [1.807, 2.05) is 0 Å². The van der Waals surface area contributed by atoms with Crippen molar-refractivity contribution >= 4 is 0 Å². The van der Waals surface area contributed by atoms with Gasteiger partial charge in [0.25, 0.3) is 0 Å². The number of hydrogen-bond donors (Lipinski definition) is 0. The van der Waals surface area contributed by atoms with Gasteiger partial charge in [-0.15, -0.1) is 0 Å². The summed E-state index contributed by atoms with van der Waals surface area (Å²) in [6.45, 7) is 8.20. The molecule has 0 bridgehead atoms. The predicted octanol–water partition coefficient (Wildman–Crippen LogP) is 2.22. The van der Waals surface area contributed by atoms with Crippen LogP contribution in [0.15, 0.2) is 0 Å². The molecule has 1 fully saturated rings. The Morgan fingerprint density at radius 1 is 1.57 bits per heavy atom. The summed E-state index contributed by atoms with van der Waals surface area (Å²) in [5, 5.41) is 9.02. The third kappa shape index (κ3) is 2.95. The topological polar surface area (TPSA) is 27.0 Å². The highest BCUT2D eigenvalue weighted by Gasteiger charge is 2.30. The van der Waals surface area contributed by atoms with Crippen LogP contribution in [0.4, 0.5) is 4.39 Å². The first-order valence-corrected chi connectivity index (χ1v) is 5.19. The summed E-state index contributed by atoms with van der Waals surface area (Å²) < 4.78 is 12.9. The Morgan fingerprint density at radius 2 is 2.21 bits per heavy atom. The monoisotopic (exact) mass is 198 g/mol. The molecule has 14 heavy (non-hydrogen) atoms. The van der Waals surface area contributed by atoms with Crippen molar-refractivity contribution in [1.82, 2.24) is 4.90 Å². The lowest BCUT2D eigenvalue weighted by molar-refractivity contribution is 0.200. The van der Waals surface area contributed by atoms with Gasteiger partial charge < -0.3 is 0 Å². The summed E-state index contributed by atoms with van der Waals surface area (Å²) in [7, 11) is 0. The zero-order chi connectivity index (χ0) is 10.8. The zero-order valence-corrected chi connectivity index (χ0v) is 9.26. The van der Waals surface area contributed by atoms with Crippen molar-refractivity contribution < 1.29 is 4.39 Å². The molecule has 2 nitrogen and oxygen atoms in total. The zero-order valence-electron chi connectivity index (χ0n) is 9.26. The van der Waals surface area contributed by atoms with Crippen LogP contribution in [0.2, 0.25) is 0 Å². The number of nitrogens with zero attached hydrogens (tertiary/aromatic N) is 2. The van der Waals surface area contributed by atoms with Crippen LogP contribution in [-0.4, -0.2) is 30.7 Å². The number of hydrogen-bond acceptors (Lipinski definition) is 2. The van der Waals surface area contributed by atoms with Gasteiger partial charge in [-0.05, 0) is 11.8 Å². The predicted molar refractivity (Wildman–Crippen MR) is 54.5 cm³/mol. The van der Waals surface area contributed by atoms with Crippen molar-refractivity contribution in [2.24, 2.45) is 11.3 Å². The third-order valence-electron chi connectivity index (χ3n) is 2.86. The second-order valence-corrected chi connectivity index (χ2v) is 5.19. The SMILES string of the molecule is CC(C)(C)C(C#N)CN1CCC(F)C1. The first-order chi connectivity index (χ1) is 6.43. The molecule has 3 heteroatoms. The van der Waals surface area contributed by atoms with Crippen molar-refractivity contribution in [2.45, 2.75) is 33.4 Å². The minimum absolute atomic E-state index is 0.00667. The number of likely N-dealkylation sites (tertiary alicyclic amines) is 1. The molecule has 1 heterocycles. The second-order valence-electron chi connectivity index (χ2n) is 5.19. The fraction of sp³-hybridized carbons (Fsp3) is 0.909. The molecule has 0 aromatic carbocycles. The largest absolute Gasteiger partial charge is 0.299 e. The second kappa shape index (κ2) is 4.27. The van der Waals surface area contributed by atoms with E-state index in [-0.39, 0.29) is 11.3 Å². The number of nitriles is 1. The van der Waals surface area contributed by atoms with E-state index in [1.54, 1.807) is 0 Å². The molecule has 0 N–H and O–H groups in total. The van der Waals surface area contributed by atoms with E-state index in [0.29, 0.717) is 19.5 Å². The minimum atomic E-state index is -0.686. The van der Waals surface area contributed by atoms with Gasteiger partial charge in [0, 0.05) is 19.6 Å². The van der Waals surface area contributed by atoms with E-state index >= 15 is 0 Å². The molecule has 80 valence electrons. The van der Waals surface area contributed by atoms with Crippen LogP contribution < -0.4 is 0 Å². The van der Waals surface area contributed by atoms with Gasteiger partial charge in [-0.3, -0.25) is 4.90 Å². The van der Waals surface area contributed by atoms with Crippen LogP contribution in [0.5, 0.6) is 0 Å². The summed E-state index contributed by atoms with van der Waals surface area (Å²) in [6.07, 6.45) is -0.0585. The first kappa shape index (κ1) is 11.5. The molecule has 2 unspecified atom stereocenters. The molecular weight excluding hydrogens is 179 g/mol. The first-order valence-electron chi connectivity index (χ1n) is 5.19. The number of halogens is 1. The molecule has 0 radical (unpaired) electrons.